The maximum absolute atomic E-state index is 12.1. The molecule has 0 aromatic carbocycles. The molecule has 0 saturated heterocycles. The second-order valence-electron chi connectivity index (χ2n) is 3.82. The number of rotatable bonds is 4. The van der Waals surface area contributed by atoms with Crippen LogP contribution >= 0.6 is 27.3 Å². The maximum Gasteiger partial charge on any atom is 0.242 e. The zero-order valence-electron chi connectivity index (χ0n) is 9.84. The molecule has 0 bridgehead atoms. The quantitative estimate of drug-likeness (QED) is 0.918. The first-order valence-corrected chi connectivity index (χ1v) is 8.21. The van der Waals surface area contributed by atoms with Crippen molar-refractivity contribution in [2.24, 2.45) is 7.05 Å². The Kier molecular flexibility index (Phi) is 3.90. The second kappa shape index (κ2) is 5.12. The zero-order valence-corrected chi connectivity index (χ0v) is 13.1. The van der Waals surface area contributed by atoms with Gasteiger partial charge in [-0.15, -0.1) is 11.3 Å². The fourth-order valence-electron chi connectivity index (χ4n) is 1.52. The first-order chi connectivity index (χ1) is 8.38. The van der Waals surface area contributed by atoms with E-state index in [0.29, 0.717) is 4.90 Å². The van der Waals surface area contributed by atoms with E-state index in [0.717, 1.165) is 14.2 Å². The fraction of sp³-hybridized carbons (Fsp3) is 0.300. The average Bonchev–Trinajstić information content (AvgIpc) is 2.82. The Morgan fingerprint density at radius 1 is 1.56 bits per heavy atom. The summed E-state index contributed by atoms with van der Waals surface area (Å²) in [6, 6.07) is 1.62. The van der Waals surface area contributed by atoms with Gasteiger partial charge in [-0.3, -0.25) is 4.68 Å². The van der Waals surface area contributed by atoms with Crippen LogP contribution < -0.4 is 4.72 Å². The van der Waals surface area contributed by atoms with E-state index in [1.54, 1.807) is 37.1 Å². The topological polar surface area (TPSA) is 64.0 Å². The van der Waals surface area contributed by atoms with E-state index in [-0.39, 0.29) is 6.54 Å². The SMILES string of the molecule is Cc1sc(Br)cc1S(=O)(=O)NCc1cnn(C)c1. The number of aryl methyl sites for hydroxylation is 2. The number of hydrogen-bond acceptors (Lipinski definition) is 4. The van der Waals surface area contributed by atoms with Gasteiger partial charge in [-0.05, 0) is 28.9 Å². The third-order valence-corrected chi connectivity index (χ3v) is 5.57. The highest BCUT2D eigenvalue weighted by Crippen LogP contribution is 2.29. The van der Waals surface area contributed by atoms with E-state index in [2.05, 4.69) is 25.8 Å². The molecule has 0 saturated carbocycles. The number of thiophene rings is 1. The van der Waals surface area contributed by atoms with Gasteiger partial charge in [-0.25, -0.2) is 13.1 Å². The van der Waals surface area contributed by atoms with Crippen LogP contribution in [0.4, 0.5) is 0 Å². The first kappa shape index (κ1) is 13.7. The van der Waals surface area contributed by atoms with Crippen molar-refractivity contribution in [1.82, 2.24) is 14.5 Å². The molecule has 0 spiro atoms. The van der Waals surface area contributed by atoms with Crippen molar-refractivity contribution in [3.63, 3.8) is 0 Å². The first-order valence-electron chi connectivity index (χ1n) is 5.11. The van der Waals surface area contributed by atoms with Crippen LogP contribution in [0, 0.1) is 6.92 Å². The lowest BCUT2D eigenvalue weighted by Gasteiger charge is -2.04. The van der Waals surface area contributed by atoms with Crippen molar-refractivity contribution < 1.29 is 8.42 Å². The predicted molar refractivity (Wildman–Crippen MR) is 74.0 cm³/mol. The Bertz CT molecular complexity index is 660. The Hall–Kier alpha value is -0.700. The van der Waals surface area contributed by atoms with E-state index in [1.807, 2.05) is 0 Å². The molecular weight excluding hydrogens is 338 g/mol. The molecule has 5 nitrogen and oxygen atoms in total. The Morgan fingerprint density at radius 2 is 2.28 bits per heavy atom. The highest BCUT2D eigenvalue weighted by Gasteiger charge is 2.19. The molecule has 0 fully saturated rings. The lowest BCUT2D eigenvalue weighted by Crippen LogP contribution is -2.23. The predicted octanol–water partition coefficient (Wildman–Crippen LogP) is 2.03. The molecular formula is C10H12BrN3O2S2. The Morgan fingerprint density at radius 3 is 2.78 bits per heavy atom. The van der Waals surface area contributed by atoms with Crippen molar-refractivity contribution in [2.75, 3.05) is 0 Å². The van der Waals surface area contributed by atoms with Gasteiger partial charge in [0, 0.05) is 30.2 Å². The summed E-state index contributed by atoms with van der Waals surface area (Å²) in [4.78, 5) is 1.09. The molecule has 2 rings (SSSR count). The third-order valence-electron chi connectivity index (χ3n) is 2.36. The van der Waals surface area contributed by atoms with Crippen molar-refractivity contribution in [1.29, 1.82) is 0 Å². The van der Waals surface area contributed by atoms with E-state index in [1.165, 1.54) is 11.3 Å². The number of aromatic nitrogens is 2. The largest absolute Gasteiger partial charge is 0.275 e. The van der Waals surface area contributed by atoms with E-state index in [4.69, 9.17) is 0 Å². The van der Waals surface area contributed by atoms with Crippen molar-refractivity contribution in [3.05, 3.63) is 32.7 Å². The van der Waals surface area contributed by atoms with E-state index < -0.39 is 10.0 Å². The van der Waals surface area contributed by atoms with E-state index in [9.17, 15) is 8.42 Å². The number of nitrogens with zero attached hydrogens (tertiary/aromatic N) is 2. The van der Waals surface area contributed by atoms with Crippen molar-refractivity contribution in [2.45, 2.75) is 18.4 Å². The molecule has 2 aromatic rings. The molecule has 0 aliphatic heterocycles. The number of sulfonamides is 1. The van der Waals surface area contributed by atoms with Gasteiger partial charge in [0.05, 0.1) is 14.9 Å². The summed E-state index contributed by atoms with van der Waals surface area (Å²) in [6.45, 7) is 2.02. The van der Waals surface area contributed by atoms with Gasteiger partial charge in [-0.2, -0.15) is 5.10 Å². The van der Waals surface area contributed by atoms with Gasteiger partial charge in [0.1, 0.15) is 0 Å². The molecule has 8 heteroatoms. The minimum absolute atomic E-state index is 0.239. The van der Waals surface area contributed by atoms with Crippen LogP contribution in [0.25, 0.3) is 0 Å². The maximum atomic E-state index is 12.1. The summed E-state index contributed by atoms with van der Waals surface area (Å²) >= 11 is 4.69. The molecule has 18 heavy (non-hydrogen) atoms. The van der Waals surface area contributed by atoms with Gasteiger partial charge in [-0.1, -0.05) is 0 Å². The monoisotopic (exact) mass is 349 g/mol. The average molecular weight is 350 g/mol. The lowest BCUT2D eigenvalue weighted by molar-refractivity contribution is 0.581. The van der Waals surface area contributed by atoms with Crippen LogP contribution in [0.3, 0.4) is 0 Å². The summed E-state index contributed by atoms with van der Waals surface area (Å²) in [6.07, 6.45) is 3.41. The summed E-state index contributed by atoms with van der Waals surface area (Å²) in [7, 11) is -1.68. The highest BCUT2D eigenvalue weighted by atomic mass is 79.9. The van der Waals surface area contributed by atoms with Crippen LogP contribution in [-0.4, -0.2) is 18.2 Å². The Balaban J connectivity index is 2.15. The molecule has 1 N–H and O–H groups in total. The van der Waals surface area contributed by atoms with Gasteiger partial charge in [0.2, 0.25) is 10.0 Å². The number of halogens is 1. The van der Waals surface area contributed by atoms with Crippen molar-refractivity contribution in [3.8, 4) is 0 Å². The molecule has 0 radical (unpaired) electrons. The third kappa shape index (κ3) is 3.00. The fourth-order valence-corrected chi connectivity index (χ4v) is 4.95. The van der Waals surface area contributed by atoms with Crippen LogP contribution in [0.5, 0.6) is 0 Å². The van der Waals surface area contributed by atoms with Crippen LogP contribution in [0.15, 0.2) is 27.1 Å². The molecule has 0 aliphatic carbocycles. The summed E-state index contributed by atoms with van der Waals surface area (Å²) in [5.74, 6) is 0. The normalized spacial score (nSPS) is 11.9. The van der Waals surface area contributed by atoms with Gasteiger partial charge < -0.3 is 0 Å². The summed E-state index contributed by atoms with van der Waals surface area (Å²) < 4.78 is 29.2. The second-order valence-corrected chi connectivity index (χ2v) is 8.19. The minimum atomic E-state index is -3.47. The molecule has 0 atom stereocenters. The molecule has 0 amide bonds. The molecule has 98 valence electrons. The van der Waals surface area contributed by atoms with Gasteiger partial charge in [0.25, 0.3) is 0 Å². The smallest absolute Gasteiger partial charge is 0.242 e. The lowest BCUT2D eigenvalue weighted by atomic mass is 10.4. The van der Waals surface area contributed by atoms with Crippen LogP contribution in [-0.2, 0) is 23.6 Å². The molecule has 2 aromatic heterocycles. The van der Waals surface area contributed by atoms with Crippen LogP contribution in [0.1, 0.15) is 10.4 Å². The summed E-state index contributed by atoms with van der Waals surface area (Å²) in [5, 5.41) is 3.99. The number of hydrogen-bond donors (Lipinski definition) is 1. The highest BCUT2D eigenvalue weighted by molar-refractivity contribution is 9.11. The van der Waals surface area contributed by atoms with Gasteiger partial charge >= 0.3 is 0 Å². The minimum Gasteiger partial charge on any atom is -0.275 e. The standard InChI is InChI=1S/C10H12BrN3O2S2/c1-7-9(3-10(11)17-7)18(15,16)13-5-8-4-12-14(2)6-8/h3-4,6,13H,5H2,1-2H3. The van der Waals surface area contributed by atoms with Crippen molar-refractivity contribution >= 4 is 37.3 Å². The summed E-state index contributed by atoms with van der Waals surface area (Å²) in [5.41, 5.74) is 0.827. The zero-order chi connectivity index (χ0) is 13.3. The number of nitrogens with one attached hydrogen (secondary N) is 1. The van der Waals surface area contributed by atoms with Gasteiger partial charge in [0.15, 0.2) is 0 Å². The molecule has 0 aliphatic rings. The van der Waals surface area contributed by atoms with Crippen LogP contribution in [0.2, 0.25) is 0 Å². The molecule has 0 unspecified atom stereocenters. The Labute approximate surface area is 118 Å². The molecule has 2 heterocycles. The van der Waals surface area contributed by atoms with E-state index >= 15 is 0 Å².